The lowest BCUT2D eigenvalue weighted by Crippen LogP contribution is -2.54. The molecule has 1 spiro atoms. The van der Waals surface area contributed by atoms with Crippen LogP contribution in [0.4, 0.5) is 5.69 Å². The molecule has 0 unspecified atom stereocenters. The number of carbonyl (C=O) groups excluding carboxylic acids is 3. The van der Waals surface area contributed by atoms with Crippen LogP contribution in [0.15, 0.2) is 54.6 Å². The van der Waals surface area contributed by atoms with E-state index in [0.29, 0.717) is 0 Å². The Balaban J connectivity index is 1.60. The summed E-state index contributed by atoms with van der Waals surface area (Å²) in [6.07, 6.45) is 2.75. The van der Waals surface area contributed by atoms with Gasteiger partial charge in [-0.25, -0.2) is 0 Å². The Morgan fingerprint density at radius 3 is 2.45 bits per heavy atom. The van der Waals surface area contributed by atoms with Crippen molar-refractivity contribution in [2.45, 2.75) is 24.5 Å². The molecule has 3 aliphatic rings. The van der Waals surface area contributed by atoms with E-state index in [1.54, 1.807) is 23.7 Å². The molecule has 160 valence electrons. The number of imide groups is 1. The van der Waals surface area contributed by atoms with Crippen molar-refractivity contribution in [1.82, 2.24) is 10.2 Å². The van der Waals surface area contributed by atoms with Gasteiger partial charge >= 0.3 is 0 Å². The molecule has 3 heterocycles. The first kappa shape index (κ1) is 20.3. The van der Waals surface area contributed by atoms with Crippen LogP contribution in [0, 0.1) is 11.8 Å². The quantitative estimate of drug-likeness (QED) is 0.731. The third-order valence-electron chi connectivity index (χ3n) is 6.90. The lowest BCUT2D eigenvalue weighted by Gasteiger charge is -2.30. The summed E-state index contributed by atoms with van der Waals surface area (Å²) in [4.78, 5) is 43.9. The van der Waals surface area contributed by atoms with Gasteiger partial charge in [0, 0.05) is 24.3 Å². The Kier molecular flexibility index (Phi) is 4.90. The highest BCUT2D eigenvalue weighted by Gasteiger charge is 2.71. The van der Waals surface area contributed by atoms with Gasteiger partial charge < -0.3 is 4.90 Å². The van der Waals surface area contributed by atoms with E-state index in [0.717, 1.165) is 29.0 Å². The molecule has 0 radical (unpaired) electrons. The molecule has 6 nitrogen and oxygen atoms in total. The van der Waals surface area contributed by atoms with Gasteiger partial charge in [-0.1, -0.05) is 48.5 Å². The predicted octanol–water partition coefficient (Wildman–Crippen LogP) is 2.38. The molecule has 7 heteroatoms. The number of hydrogen-bond donors (Lipinski definition) is 1. The lowest BCUT2D eigenvalue weighted by molar-refractivity contribution is -0.143. The van der Waals surface area contributed by atoms with Crippen LogP contribution in [0.3, 0.4) is 0 Å². The van der Waals surface area contributed by atoms with Crippen molar-refractivity contribution in [2.75, 3.05) is 24.0 Å². The molecule has 0 saturated carbocycles. The summed E-state index contributed by atoms with van der Waals surface area (Å²) in [6, 6.07) is 16.9. The van der Waals surface area contributed by atoms with Crippen molar-refractivity contribution in [3.8, 4) is 0 Å². The van der Waals surface area contributed by atoms with E-state index in [-0.39, 0.29) is 30.3 Å². The summed E-state index contributed by atoms with van der Waals surface area (Å²) in [6.45, 7) is 0.239. The maximum Gasteiger partial charge on any atom is 0.252 e. The molecule has 1 N–H and O–H groups in total. The Labute approximate surface area is 186 Å². The third kappa shape index (κ3) is 2.79. The monoisotopic (exact) mass is 435 g/mol. The molecule has 31 heavy (non-hydrogen) atoms. The highest BCUT2D eigenvalue weighted by Crippen LogP contribution is 2.54. The average Bonchev–Trinajstić information content (AvgIpc) is 3.34. The van der Waals surface area contributed by atoms with Crippen LogP contribution < -0.4 is 10.2 Å². The maximum absolute atomic E-state index is 13.7. The Morgan fingerprint density at radius 2 is 1.71 bits per heavy atom. The number of likely N-dealkylation sites (tertiary alicyclic amines) is 1. The number of rotatable bonds is 5. The summed E-state index contributed by atoms with van der Waals surface area (Å²) in [5, 5.41) is 3.51. The number of para-hydroxylation sites is 1. The van der Waals surface area contributed by atoms with Gasteiger partial charge in [-0.15, -0.1) is 0 Å². The van der Waals surface area contributed by atoms with Crippen molar-refractivity contribution in [2.24, 2.45) is 11.8 Å². The highest BCUT2D eigenvalue weighted by atomic mass is 32.2. The van der Waals surface area contributed by atoms with Gasteiger partial charge in [0.1, 0.15) is 5.54 Å². The summed E-state index contributed by atoms with van der Waals surface area (Å²) in [5.41, 5.74) is 1.32. The minimum atomic E-state index is -1.18. The largest absolute Gasteiger partial charge is 0.313 e. The highest BCUT2D eigenvalue weighted by molar-refractivity contribution is 7.98. The maximum atomic E-state index is 13.7. The van der Waals surface area contributed by atoms with Gasteiger partial charge in [-0.2, -0.15) is 11.8 Å². The minimum Gasteiger partial charge on any atom is -0.313 e. The molecule has 0 bridgehead atoms. The second kappa shape index (κ2) is 7.50. The van der Waals surface area contributed by atoms with E-state index in [2.05, 4.69) is 5.32 Å². The van der Waals surface area contributed by atoms with Crippen LogP contribution in [0.2, 0.25) is 0 Å². The number of likely N-dealkylation sites (N-methyl/N-ethyl adjacent to an activating group) is 1. The van der Waals surface area contributed by atoms with Crippen molar-refractivity contribution < 1.29 is 14.4 Å². The lowest BCUT2D eigenvalue weighted by atomic mass is 9.76. The van der Waals surface area contributed by atoms with Gasteiger partial charge in [0.2, 0.25) is 11.8 Å². The first-order valence-corrected chi connectivity index (χ1v) is 11.9. The number of nitrogens with one attached hydrogen (secondary N) is 1. The zero-order chi connectivity index (χ0) is 21.8. The van der Waals surface area contributed by atoms with Crippen LogP contribution in [0.5, 0.6) is 0 Å². The molecular formula is C24H25N3O3S. The van der Waals surface area contributed by atoms with E-state index in [1.165, 1.54) is 4.90 Å². The first-order valence-electron chi connectivity index (χ1n) is 10.5. The molecule has 3 amide bonds. The number of anilines is 1. The Hall–Kier alpha value is -2.64. The molecule has 2 aromatic carbocycles. The van der Waals surface area contributed by atoms with Gasteiger partial charge in [0.15, 0.2) is 0 Å². The fraction of sp³-hybridized carbons (Fsp3) is 0.375. The zero-order valence-corrected chi connectivity index (χ0v) is 18.4. The summed E-state index contributed by atoms with van der Waals surface area (Å²) in [7, 11) is 1.74. The second-order valence-corrected chi connectivity index (χ2v) is 9.46. The van der Waals surface area contributed by atoms with Gasteiger partial charge in [-0.3, -0.25) is 24.6 Å². The molecule has 3 aliphatic heterocycles. The second-order valence-electron chi connectivity index (χ2n) is 8.47. The van der Waals surface area contributed by atoms with E-state index in [1.807, 2.05) is 60.9 Å². The van der Waals surface area contributed by atoms with Crippen LogP contribution in [-0.2, 0) is 26.5 Å². The third-order valence-corrected chi connectivity index (χ3v) is 7.55. The molecule has 2 fully saturated rings. The van der Waals surface area contributed by atoms with Crippen LogP contribution in [0.1, 0.15) is 17.5 Å². The molecule has 0 aliphatic carbocycles. The van der Waals surface area contributed by atoms with Crippen molar-refractivity contribution >= 4 is 35.2 Å². The van der Waals surface area contributed by atoms with Gasteiger partial charge in [0.25, 0.3) is 5.91 Å². The normalized spacial score (nSPS) is 29.2. The van der Waals surface area contributed by atoms with Crippen molar-refractivity contribution in [3.05, 3.63) is 65.7 Å². The predicted molar refractivity (Wildman–Crippen MR) is 120 cm³/mol. The fourth-order valence-electron chi connectivity index (χ4n) is 5.53. The van der Waals surface area contributed by atoms with E-state index < -0.39 is 17.4 Å². The number of fused-ring (bicyclic) bond motifs is 4. The van der Waals surface area contributed by atoms with E-state index in [9.17, 15) is 14.4 Å². The number of benzene rings is 2. The number of hydrogen-bond acceptors (Lipinski definition) is 5. The average molecular weight is 436 g/mol. The molecule has 5 rings (SSSR count). The van der Waals surface area contributed by atoms with Crippen molar-refractivity contribution in [1.29, 1.82) is 0 Å². The Bertz CT molecular complexity index is 1060. The van der Waals surface area contributed by atoms with Crippen LogP contribution >= 0.6 is 11.8 Å². The van der Waals surface area contributed by atoms with Crippen molar-refractivity contribution in [3.63, 3.8) is 0 Å². The molecule has 0 aromatic heterocycles. The summed E-state index contributed by atoms with van der Waals surface area (Å²) < 4.78 is 0. The first-order chi connectivity index (χ1) is 15.0. The fourth-order valence-corrected chi connectivity index (χ4v) is 6.02. The molecular weight excluding hydrogens is 410 g/mol. The molecule has 2 saturated heterocycles. The SMILES string of the molecule is CSCC[C@@H]1N[C@]2(C(=O)N(C)c3ccccc32)[C@H]2C(=O)N(Cc3ccccc3)C(=O)[C@H]12. The molecule has 2 aromatic rings. The summed E-state index contributed by atoms with van der Waals surface area (Å²) in [5.74, 6) is -0.993. The topological polar surface area (TPSA) is 69.7 Å². The number of carbonyl (C=O) groups is 3. The Morgan fingerprint density at radius 1 is 1.00 bits per heavy atom. The van der Waals surface area contributed by atoms with E-state index in [4.69, 9.17) is 0 Å². The molecule has 4 atom stereocenters. The number of amides is 3. The number of nitrogens with zero attached hydrogens (tertiary/aromatic N) is 2. The zero-order valence-electron chi connectivity index (χ0n) is 17.6. The van der Waals surface area contributed by atoms with E-state index >= 15 is 0 Å². The van der Waals surface area contributed by atoms with Crippen LogP contribution in [-0.4, -0.2) is 47.7 Å². The summed E-state index contributed by atoms with van der Waals surface area (Å²) >= 11 is 1.70. The van der Waals surface area contributed by atoms with Crippen LogP contribution in [0.25, 0.3) is 0 Å². The minimum absolute atomic E-state index is 0.155. The smallest absolute Gasteiger partial charge is 0.252 e. The standard InChI is InChI=1S/C24H25N3O3S/c1-26-18-11-7-6-10-16(18)24(23(26)30)20-19(17(25-24)12-13-31-2)21(28)27(22(20)29)14-15-8-4-3-5-9-15/h3-11,17,19-20,25H,12-14H2,1-2H3/t17-,19+,20+,24-/m0/s1. The number of thioether (sulfide) groups is 1. The van der Waals surface area contributed by atoms with Gasteiger partial charge in [0.05, 0.1) is 18.4 Å². The van der Waals surface area contributed by atoms with Gasteiger partial charge in [-0.05, 0) is 30.1 Å².